The van der Waals surface area contributed by atoms with Crippen LogP contribution in [0.15, 0.2) is 29.2 Å². The molecule has 9 heteroatoms. The maximum absolute atomic E-state index is 12.8. The number of benzene rings is 1. The maximum atomic E-state index is 12.8. The highest BCUT2D eigenvalue weighted by Gasteiger charge is 2.31. The SMILES string of the molecule is COc1ccc(S(=O)(=O)N2CCN(C(=O)CN3C[C@@H](C)O[C@H](C)C3)CC2)cc1. The molecule has 2 heterocycles. The van der Waals surface area contributed by atoms with E-state index in [9.17, 15) is 13.2 Å². The van der Waals surface area contributed by atoms with Gasteiger partial charge in [-0.1, -0.05) is 0 Å². The Balaban J connectivity index is 1.55. The molecule has 2 fully saturated rings. The summed E-state index contributed by atoms with van der Waals surface area (Å²) < 4.78 is 37.8. The lowest BCUT2D eigenvalue weighted by atomic mass is 10.2. The largest absolute Gasteiger partial charge is 0.497 e. The van der Waals surface area contributed by atoms with E-state index in [1.165, 1.54) is 11.4 Å². The van der Waals surface area contributed by atoms with E-state index in [1.807, 2.05) is 13.8 Å². The third-order valence-corrected chi connectivity index (χ3v) is 7.06. The van der Waals surface area contributed by atoms with Crippen LogP contribution in [0.1, 0.15) is 13.8 Å². The van der Waals surface area contributed by atoms with Crippen molar-refractivity contribution in [2.24, 2.45) is 0 Å². The van der Waals surface area contributed by atoms with Crippen molar-refractivity contribution in [2.45, 2.75) is 31.0 Å². The van der Waals surface area contributed by atoms with Crippen molar-refractivity contribution < 1.29 is 22.7 Å². The molecule has 0 aromatic heterocycles. The van der Waals surface area contributed by atoms with Gasteiger partial charge in [0.1, 0.15) is 5.75 Å². The molecule has 156 valence electrons. The minimum absolute atomic E-state index is 0.0443. The summed E-state index contributed by atoms with van der Waals surface area (Å²) in [6.45, 7) is 7.26. The van der Waals surface area contributed by atoms with Crippen LogP contribution in [-0.2, 0) is 19.6 Å². The van der Waals surface area contributed by atoms with Gasteiger partial charge in [-0.2, -0.15) is 4.31 Å². The van der Waals surface area contributed by atoms with E-state index in [4.69, 9.17) is 9.47 Å². The molecule has 1 aromatic carbocycles. The normalized spacial score (nSPS) is 24.9. The van der Waals surface area contributed by atoms with Gasteiger partial charge in [0, 0.05) is 39.3 Å². The molecule has 1 amide bonds. The lowest BCUT2D eigenvalue weighted by Crippen LogP contribution is -2.54. The number of piperazine rings is 1. The number of carbonyl (C=O) groups is 1. The number of hydrogen-bond donors (Lipinski definition) is 0. The molecule has 0 saturated carbocycles. The van der Waals surface area contributed by atoms with Crippen LogP contribution in [0.3, 0.4) is 0 Å². The predicted molar refractivity (Wildman–Crippen MR) is 105 cm³/mol. The number of methoxy groups -OCH3 is 1. The second-order valence-corrected chi connectivity index (χ2v) is 9.35. The molecule has 0 unspecified atom stereocenters. The molecule has 8 nitrogen and oxygen atoms in total. The fourth-order valence-electron chi connectivity index (χ4n) is 3.78. The number of morpholine rings is 1. The Morgan fingerprint density at radius 1 is 1.07 bits per heavy atom. The third-order valence-electron chi connectivity index (χ3n) is 5.14. The van der Waals surface area contributed by atoms with Gasteiger partial charge < -0.3 is 14.4 Å². The van der Waals surface area contributed by atoms with E-state index in [0.717, 1.165) is 13.1 Å². The van der Waals surface area contributed by atoms with Crippen molar-refractivity contribution >= 4 is 15.9 Å². The molecular formula is C19H29N3O5S. The zero-order valence-corrected chi connectivity index (χ0v) is 17.5. The number of rotatable bonds is 5. The number of ether oxygens (including phenoxy) is 2. The Labute approximate surface area is 167 Å². The van der Waals surface area contributed by atoms with Gasteiger partial charge in [-0.05, 0) is 38.1 Å². The van der Waals surface area contributed by atoms with Gasteiger partial charge in [0.2, 0.25) is 15.9 Å². The molecule has 2 aliphatic rings. The summed E-state index contributed by atoms with van der Waals surface area (Å²) >= 11 is 0. The van der Waals surface area contributed by atoms with E-state index in [1.54, 1.807) is 29.2 Å². The van der Waals surface area contributed by atoms with Crippen LogP contribution >= 0.6 is 0 Å². The van der Waals surface area contributed by atoms with Crippen LogP contribution in [0, 0.1) is 0 Å². The highest BCUT2D eigenvalue weighted by atomic mass is 32.2. The predicted octanol–water partition coefficient (Wildman–Crippen LogP) is 0.637. The number of hydrogen-bond acceptors (Lipinski definition) is 6. The molecule has 2 aliphatic heterocycles. The Kier molecular flexibility index (Phi) is 6.59. The maximum Gasteiger partial charge on any atom is 0.243 e. The molecule has 0 spiro atoms. The fraction of sp³-hybridized carbons (Fsp3) is 0.632. The summed E-state index contributed by atoms with van der Waals surface area (Å²) in [6, 6.07) is 6.37. The summed E-state index contributed by atoms with van der Waals surface area (Å²) in [5, 5.41) is 0. The van der Waals surface area contributed by atoms with E-state index < -0.39 is 10.0 Å². The summed E-state index contributed by atoms with van der Waals surface area (Å²) in [4.78, 5) is 16.7. The molecule has 0 N–H and O–H groups in total. The molecule has 0 radical (unpaired) electrons. The van der Waals surface area contributed by atoms with Gasteiger partial charge in [-0.25, -0.2) is 8.42 Å². The van der Waals surface area contributed by atoms with Gasteiger partial charge in [0.15, 0.2) is 0 Å². The Morgan fingerprint density at radius 3 is 2.18 bits per heavy atom. The van der Waals surface area contributed by atoms with Crippen molar-refractivity contribution in [3.63, 3.8) is 0 Å². The average molecular weight is 412 g/mol. The minimum atomic E-state index is -3.57. The van der Waals surface area contributed by atoms with Gasteiger partial charge in [0.25, 0.3) is 0 Å². The summed E-state index contributed by atoms with van der Waals surface area (Å²) in [5.41, 5.74) is 0. The lowest BCUT2D eigenvalue weighted by molar-refractivity contribution is -0.137. The number of carbonyl (C=O) groups excluding carboxylic acids is 1. The van der Waals surface area contributed by atoms with Crippen molar-refractivity contribution in [1.82, 2.24) is 14.1 Å². The van der Waals surface area contributed by atoms with Gasteiger partial charge >= 0.3 is 0 Å². The molecule has 0 bridgehead atoms. The van der Waals surface area contributed by atoms with Crippen LogP contribution in [0.4, 0.5) is 0 Å². The van der Waals surface area contributed by atoms with Crippen molar-refractivity contribution in [2.75, 3.05) is 52.9 Å². The zero-order chi connectivity index (χ0) is 20.3. The van der Waals surface area contributed by atoms with Crippen LogP contribution in [0.5, 0.6) is 5.75 Å². The van der Waals surface area contributed by atoms with Gasteiger partial charge in [0.05, 0.1) is 30.8 Å². The van der Waals surface area contributed by atoms with Crippen molar-refractivity contribution in [3.05, 3.63) is 24.3 Å². The molecule has 3 rings (SSSR count). The third kappa shape index (κ3) is 4.83. The van der Waals surface area contributed by atoms with Crippen molar-refractivity contribution in [1.29, 1.82) is 0 Å². The highest BCUT2D eigenvalue weighted by Crippen LogP contribution is 2.21. The van der Waals surface area contributed by atoms with E-state index in [2.05, 4.69) is 4.90 Å². The fourth-order valence-corrected chi connectivity index (χ4v) is 5.20. The number of nitrogens with zero attached hydrogens (tertiary/aromatic N) is 3. The number of amides is 1. The van der Waals surface area contributed by atoms with Crippen molar-refractivity contribution in [3.8, 4) is 5.75 Å². The summed E-state index contributed by atoms with van der Waals surface area (Å²) in [6.07, 6.45) is 0.228. The molecule has 2 saturated heterocycles. The standard InChI is InChI=1S/C19H29N3O5S/c1-15-12-20(13-16(2)27-15)14-19(23)21-8-10-22(11-9-21)28(24,25)18-6-4-17(26-3)5-7-18/h4-7,15-16H,8-14H2,1-3H3/t15-,16-/m1/s1. The quantitative estimate of drug-likeness (QED) is 0.707. The van der Waals surface area contributed by atoms with E-state index in [0.29, 0.717) is 38.5 Å². The monoisotopic (exact) mass is 411 g/mol. The Hall–Kier alpha value is -1.68. The second kappa shape index (κ2) is 8.77. The second-order valence-electron chi connectivity index (χ2n) is 7.41. The molecule has 2 atom stereocenters. The molecule has 1 aromatic rings. The van der Waals surface area contributed by atoms with Crippen LogP contribution in [0.25, 0.3) is 0 Å². The van der Waals surface area contributed by atoms with E-state index in [-0.39, 0.29) is 23.0 Å². The molecular weight excluding hydrogens is 382 g/mol. The first kappa shape index (κ1) is 21.0. The van der Waals surface area contributed by atoms with Crippen LogP contribution in [-0.4, -0.2) is 93.6 Å². The zero-order valence-electron chi connectivity index (χ0n) is 16.7. The highest BCUT2D eigenvalue weighted by molar-refractivity contribution is 7.89. The number of sulfonamides is 1. The smallest absolute Gasteiger partial charge is 0.243 e. The van der Waals surface area contributed by atoms with Crippen LogP contribution in [0.2, 0.25) is 0 Å². The van der Waals surface area contributed by atoms with Crippen LogP contribution < -0.4 is 4.74 Å². The first-order valence-corrected chi connectivity index (χ1v) is 11.0. The minimum Gasteiger partial charge on any atom is -0.497 e. The Morgan fingerprint density at radius 2 is 1.64 bits per heavy atom. The van der Waals surface area contributed by atoms with Gasteiger partial charge in [-0.3, -0.25) is 9.69 Å². The lowest BCUT2D eigenvalue weighted by Gasteiger charge is -2.38. The Bertz CT molecular complexity index is 765. The topological polar surface area (TPSA) is 79.4 Å². The first-order valence-electron chi connectivity index (χ1n) is 9.59. The van der Waals surface area contributed by atoms with Gasteiger partial charge in [-0.15, -0.1) is 0 Å². The summed E-state index contributed by atoms with van der Waals surface area (Å²) in [7, 11) is -2.03. The average Bonchev–Trinajstić information content (AvgIpc) is 2.67. The molecule has 28 heavy (non-hydrogen) atoms. The molecule has 0 aliphatic carbocycles. The van der Waals surface area contributed by atoms with E-state index >= 15 is 0 Å². The first-order chi connectivity index (χ1) is 13.3. The summed E-state index contributed by atoms with van der Waals surface area (Å²) in [5.74, 6) is 0.656.